The molecule has 0 aliphatic carbocycles. The molecule has 1 atom stereocenters. The van der Waals surface area contributed by atoms with Crippen LogP contribution in [0, 0.1) is 12.3 Å². The SMILES string of the molecule is Cc1noc(C2CC3(CCN(S(C)(=O)=O)CC3)CN2CC(=O)N2CCC(N3CCCC3)CC2)n1. The van der Waals surface area contributed by atoms with E-state index in [-0.39, 0.29) is 17.4 Å². The molecule has 190 valence electrons. The summed E-state index contributed by atoms with van der Waals surface area (Å²) in [6.45, 7) is 8.03. The van der Waals surface area contributed by atoms with E-state index in [2.05, 4.69) is 19.9 Å². The first-order valence-electron chi connectivity index (χ1n) is 12.7. The van der Waals surface area contributed by atoms with Gasteiger partial charge in [0.25, 0.3) is 0 Å². The van der Waals surface area contributed by atoms with Gasteiger partial charge < -0.3 is 14.3 Å². The molecule has 1 aromatic rings. The number of hydrogen-bond donors (Lipinski definition) is 0. The minimum atomic E-state index is -3.18. The van der Waals surface area contributed by atoms with Gasteiger partial charge in [0.1, 0.15) is 0 Å². The maximum atomic E-state index is 13.3. The summed E-state index contributed by atoms with van der Waals surface area (Å²) in [5.74, 6) is 1.34. The summed E-state index contributed by atoms with van der Waals surface area (Å²) in [4.78, 5) is 24.7. The van der Waals surface area contributed by atoms with Gasteiger partial charge in [-0.2, -0.15) is 4.98 Å². The van der Waals surface area contributed by atoms with Crippen molar-refractivity contribution in [2.24, 2.45) is 5.41 Å². The Bertz CT molecular complexity index is 975. The van der Waals surface area contributed by atoms with E-state index in [9.17, 15) is 13.2 Å². The fourth-order valence-corrected chi connectivity index (χ4v) is 7.36. The van der Waals surface area contributed by atoms with Crippen LogP contribution in [0.2, 0.25) is 0 Å². The van der Waals surface area contributed by atoms with Crippen LogP contribution in [0.4, 0.5) is 0 Å². The highest BCUT2D eigenvalue weighted by atomic mass is 32.2. The van der Waals surface area contributed by atoms with Crippen molar-refractivity contribution < 1.29 is 17.7 Å². The Labute approximate surface area is 202 Å². The zero-order valence-corrected chi connectivity index (χ0v) is 21.3. The third-order valence-corrected chi connectivity index (χ3v) is 9.80. The molecule has 0 aromatic carbocycles. The van der Waals surface area contributed by atoms with Crippen molar-refractivity contribution in [2.75, 3.05) is 58.6 Å². The van der Waals surface area contributed by atoms with Crippen LogP contribution in [0.1, 0.15) is 62.7 Å². The van der Waals surface area contributed by atoms with Crippen molar-refractivity contribution in [1.29, 1.82) is 0 Å². The summed E-state index contributed by atoms with van der Waals surface area (Å²) in [6.07, 6.45) is 8.39. The van der Waals surface area contributed by atoms with Gasteiger partial charge in [0.2, 0.25) is 21.8 Å². The van der Waals surface area contributed by atoms with Gasteiger partial charge in [-0.3, -0.25) is 9.69 Å². The molecule has 4 aliphatic heterocycles. The highest BCUT2D eigenvalue weighted by molar-refractivity contribution is 7.88. The fraction of sp³-hybridized carbons (Fsp3) is 0.870. The minimum absolute atomic E-state index is 0.0305. The van der Waals surface area contributed by atoms with Crippen molar-refractivity contribution in [2.45, 2.75) is 64.0 Å². The Morgan fingerprint density at radius 2 is 1.76 bits per heavy atom. The van der Waals surface area contributed by atoms with Gasteiger partial charge in [-0.25, -0.2) is 12.7 Å². The first-order chi connectivity index (χ1) is 16.2. The molecule has 4 aliphatic rings. The maximum Gasteiger partial charge on any atom is 0.244 e. The number of likely N-dealkylation sites (tertiary alicyclic amines) is 3. The molecule has 5 heterocycles. The summed E-state index contributed by atoms with van der Waals surface area (Å²) in [5.41, 5.74) is -0.0305. The van der Waals surface area contributed by atoms with Crippen LogP contribution >= 0.6 is 0 Å². The van der Waals surface area contributed by atoms with E-state index < -0.39 is 10.0 Å². The number of sulfonamides is 1. The third-order valence-electron chi connectivity index (χ3n) is 8.50. The molecule has 4 fully saturated rings. The molecule has 11 heteroatoms. The highest BCUT2D eigenvalue weighted by Crippen LogP contribution is 2.48. The Kier molecular flexibility index (Phi) is 6.73. The van der Waals surface area contributed by atoms with Crippen molar-refractivity contribution in [3.63, 3.8) is 0 Å². The number of aromatic nitrogens is 2. The van der Waals surface area contributed by atoms with Gasteiger partial charge in [-0.05, 0) is 70.4 Å². The van der Waals surface area contributed by atoms with Crippen LogP contribution < -0.4 is 0 Å². The molecule has 0 bridgehead atoms. The van der Waals surface area contributed by atoms with Crippen molar-refractivity contribution in [3.8, 4) is 0 Å². The molecular formula is C23H38N6O4S. The monoisotopic (exact) mass is 494 g/mol. The Hall–Kier alpha value is -1.56. The lowest BCUT2D eigenvalue weighted by Crippen LogP contribution is -2.49. The van der Waals surface area contributed by atoms with Crippen LogP contribution in [-0.4, -0.2) is 108 Å². The van der Waals surface area contributed by atoms with E-state index in [0.717, 1.165) is 51.7 Å². The van der Waals surface area contributed by atoms with Crippen LogP contribution in [-0.2, 0) is 14.8 Å². The quantitative estimate of drug-likeness (QED) is 0.603. The summed E-state index contributed by atoms with van der Waals surface area (Å²) in [5, 5.41) is 3.99. The van der Waals surface area contributed by atoms with Gasteiger partial charge in [0, 0.05) is 38.8 Å². The Morgan fingerprint density at radius 1 is 1.09 bits per heavy atom. The summed E-state index contributed by atoms with van der Waals surface area (Å²) >= 11 is 0. The van der Waals surface area contributed by atoms with Crippen LogP contribution in [0.15, 0.2) is 4.52 Å². The first kappa shape index (κ1) is 24.1. The molecule has 1 spiro atoms. The van der Waals surface area contributed by atoms with Crippen LogP contribution in [0.25, 0.3) is 0 Å². The molecule has 0 N–H and O–H groups in total. The van der Waals surface area contributed by atoms with E-state index >= 15 is 0 Å². The number of carbonyl (C=O) groups is 1. The lowest BCUT2D eigenvalue weighted by molar-refractivity contribution is -0.134. The van der Waals surface area contributed by atoms with Crippen molar-refractivity contribution in [3.05, 3.63) is 11.7 Å². The molecule has 1 unspecified atom stereocenters. The van der Waals surface area contributed by atoms with Gasteiger partial charge in [-0.1, -0.05) is 5.16 Å². The van der Waals surface area contributed by atoms with Gasteiger partial charge in [0.15, 0.2) is 5.82 Å². The van der Waals surface area contributed by atoms with Crippen molar-refractivity contribution in [1.82, 2.24) is 29.1 Å². The van der Waals surface area contributed by atoms with E-state index in [1.807, 2.05) is 11.8 Å². The number of amides is 1. The summed E-state index contributed by atoms with van der Waals surface area (Å²) in [7, 11) is -3.18. The normalized spacial score (nSPS) is 27.7. The summed E-state index contributed by atoms with van der Waals surface area (Å²) in [6, 6.07) is 0.521. The standard InChI is InChI=1S/C23H38N6O4S/c1-18-24-22(33-25-18)20-15-23(7-13-29(14-8-23)34(2,31)32)17-28(20)16-21(30)27-11-5-19(6-12-27)26-9-3-4-10-26/h19-20H,3-17H2,1-2H3. The van der Waals surface area contributed by atoms with Crippen LogP contribution in [0.3, 0.4) is 0 Å². The average Bonchev–Trinajstić information content (AvgIpc) is 3.55. The van der Waals surface area contributed by atoms with Crippen LogP contribution in [0.5, 0.6) is 0 Å². The second-order valence-electron chi connectivity index (χ2n) is 10.8. The predicted molar refractivity (Wildman–Crippen MR) is 126 cm³/mol. The zero-order chi connectivity index (χ0) is 23.9. The molecular weight excluding hydrogens is 456 g/mol. The molecule has 1 aromatic heterocycles. The molecule has 10 nitrogen and oxygen atoms in total. The minimum Gasteiger partial charge on any atom is -0.341 e. The number of aryl methyl sites for hydroxylation is 1. The second-order valence-corrected chi connectivity index (χ2v) is 12.8. The largest absolute Gasteiger partial charge is 0.341 e. The molecule has 34 heavy (non-hydrogen) atoms. The molecule has 0 saturated carbocycles. The summed E-state index contributed by atoms with van der Waals surface area (Å²) < 4.78 is 31.1. The van der Waals surface area contributed by atoms with E-state index in [1.165, 1.54) is 32.2 Å². The lowest BCUT2D eigenvalue weighted by Gasteiger charge is -2.38. The number of rotatable bonds is 5. The maximum absolute atomic E-state index is 13.3. The topological polar surface area (TPSA) is 103 Å². The molecule has 0 radical (unpaired) electrons. The second kappa shape index (κ2) is 9.48. The average molecular weight is 495 g/mol. The molecule has 4 saturated heterocycles. The first-order valence-corrected chi connectivity index (χ1v) is 14.6. The fourth-order valence-electron chi connectivity index (χ4n) is 6.52. The van der Waals surface area contributed by atoms with Gasteiger partial charge in [0.05, 0.1) is 18.8 Å². The predicted octanol–water partition coefficient (Wildman–Crippen LogP) is 1.25. The molecule has 1 amide bonds. The third kappa shape index (κ3) is 5.03. The lowest BCUT2D eigenvalue weighted by atomic mass is 9.77. The molecule has 5 rings (SSSR count). The van der Waals surface area contributed by atoms with Gasteiger partial charge >= 0.3 is 0 Å². The number of carbonyl (C=O) groups excluding carboxylic acids is 1. The van der Waals surface area contributed by atoms with E-state index in [4.69, 9.17) is 4.52 Å². The Balaban J connectivity index is 1.24. The van der Waals surface area contributed by atoms with E-state index in [0.29, 0.717) is 37.4 Å². The van der Waals surface area contributed by atoms with Crippen molar-refractivity contribution >= 4 is 15.9 Å². The number of nitrogens with zero attached hydrogens (tertiary/aromatic N) is 6. The number of hydrogen-bond acceptors (Lipinski definition) is 8. The number of piperidine rings is 2. The highest BCUT2D eigenvalue weighted by Gasteiger charge is 2.49. The van der Waals surface area contributed by atoms with E-state index in [1.54, 1.807) is 4.31 Å². The zero-order valence-electron chi connectivity index (χ0n) is 20.5. The smallest absolute Gasteiger partial charge is 0.244 e. The Morgan fingerprint density at radius 3 is 2.35 bits per heavy atom. The van der Waals surface area contributed by atoms with Gasteiger partial charge in [-0.15, -0.1) is 0 Å².